The van der Waals surface area contributed by atoms with Crippen LogP contribution in [-0.4, -0.2) is 58.5 Å². The van der Waals surface area contributed by atoms with E-state index in [1.54, 1.807) is 12.4 Å². The molecule has 2 aliphatic rings. The van der Waals surface area contributed by atoms with Gasteiger partial charge >= 0.3 is 0 Å². The largest absolute Gasteiger partial charge is 0.355 e. The lowest BCUT2D eigenvalue weighted by atomic mass is 10.1. The molecule has 6 heteroatoms. The number of piperazine rings is 1. The number of amides is 1. The van der Waals surface area contributed by atoms with Crippen molar-refractivity contribution < 1.29 is 4.79 Å². The van der Waals surface area contributed by atoms with E-state index < -0.39 is 0 Å². The Bertz CT molecular complexity index is 705. The Hall–Kier alpha value is -2.13. The van der Waals surface area contributed by atoms with Gasteiger partial charge < -0.3 is 10.2 Å². The lowest BCUT2D eigenvalue weighted by Gasteiger charge is -2.42. The molecule has 3 rings (SSSR count). The normalized spacial score (nSPS) is 21.7. The molecular formula is C22H33N5O. The number of aromatic nitrogens is 2. The minimum absolute atomic E-state index is 0.00619. The summed E-state index contributed by atoms with van der Waals surface area (Å²) in [4.78, 5) is 26.2. The number of hydrogen-bond donors (Lipinski definition) is 1. The molecule has 152 valence electrons. The second-order valence-electron chi connectivity index (χ2n) is 8.48. The maximum Gasteiger partial charge on any atom is 0.225 e. The first kappa shape index (κ1) is 20.6. The zero-order valence-corrected chi connectivity index (χ0v) is 17.6. The van der Waals surface area contributed by atoms with Crippen LogP contribution in [0.15, 0.2) is 12.4 Å². The number of nitrogens with one attached hydrogen (secondary N) is 1. The van der Waals surface area contributed by atoms with Gasteiger partial charge in [0.1, 0.15) is 0 Å². The van der Waals surface area contributed by atoms with Crippen molar-refractivity contribution >= 4 is 11.9 Å². The molecule has 1 aromatic heterocycles. The van der Waals surface area contributed by atoms with Gasteiger partial charge in [-0.3, -0.25) is 9.69 Å². The van der Waals surface area contributed by atoms with Crippen molar-refractivity contribution in [1.82, 2.24) is 20.2 Å². The van der Waals surface area contributed by atoms with E-state index in [1.807, 2.05) is 0 Å². The molecular weight excluding hydrogens is 350 g/mol. The van der Waals surface area contributed by atoms with Gasteiger partial charge in [0.25, 0.3) is 0 Å². The number of carbonyl (C=O) groups excluding carboxylic acids is 1. The minimum atomic E-state index is -0.00619. The van der Waals surface area contributed by atoms with Crippen LogP contribution in [0.3, 0.4) is 0 Å². The van der Waals surface area contributed by atoms with Crippen LogP contribution in [0.2, 0.25) is 0 Å². The lowest BCUT2D eigenvalue weighted by molar-refractivity contribution is -0.120. The highest BCUT2D eigenvalue weighted by Crippen LogP contribution is 2.33. The van der Waals surface area contributed by atoms with E-state index in [0.717, 1.165) is 24.6 Å². The van der Waals surface area contributed by atoms with Crippen molar-refractivity contribution in [3.63, 3.8) is 0 Å². The second kappa shape index (κ2) is 9.38. The summed E-state index contributed by atoms with van der Waals surface area (Å²) in [6.45, 7) is 11.4. The molecule has 0 saturated carbocycles. The molecule has 1 amide bonds. The third-order valence-electron chi connectivity index (χ3n) is 5.49. The Morgan fingerprint density at radius 2 is 1.82 bits per heavy atom. The van der Waals surface area contributed by atoms with Crippen LogP contribution in [0.25, 0.3) is 0 Å². The first-order valence-corrected chi connectivity index (χ1v) is 10.5. The highest BCUT2D eigenvalue weighted by molar-refractivity contribution is 5.78. The first-order chi connectivity index (χ1) is 13.4. The molecule has 0 radical (unpaired) electrons. The van der Waals surface area contributed by atoms with Crippen LogP contribution >= 0.6 is 0 Å². The summed E-state index contributed by atoms with van der Waals surface area (Å²) in [7, 11) is 0. The van der Waals surface area contributed by atoms with Crippen molar-refractivity contribution in [2.75, 3.05) is 24.5 Å². The third-order valence-corrected chi connectivity index (χ3v) is 5.49. The van der Waals surface area contributed by atoms with Gasteiger partial charge in [0.05, 0.1) is 6.42 Å². The van der Waals surface area contributed by atoms with Crippen molar-refractivity contribution in [2.45, 2.75) is 71.5 Å². The molecule has 2 atom stereocenters. The average molecular weight is 384 g/mol. The molecule has 0 spiro atoms. The van der Waals surface area contributed by atoms with E-state index in [0.29, 0.717) is 43.4 Å². The Balaban J connectivity index is 1.50. The Morgan fingerprint density at radius 1 is 1.18 bits per heavy atom. The third kappa shape index (κ3) is 5.23. The van der Waals surface area contributed by atoms with Gasteiger partial charge in [-0.1, -0.05) is 13.8 Å². The molecule has 2 unspecified atom stereocenters. The van der Waals surface area contributed by atoms with Gasteiger partial charge in [-0.15, -0.1) is 11.8 Å². The summed E-state index contributed by atoms with van der Waals surface area (Å²) in [5.41, 5.74) is 0.850. The molecule has 3 heterocycles. The average Bonchev–Trinajstić information content (AvgIpc) is 2.91. The topological polar surface area (TPSA) is 61.4 Å². The number of nitrogens with zero attached hydrogens (tertiary/aromatic N) is 4. The highest BCUT2D eigenvalue weighted by atomic mass is 16.1. The molecule has 1 aromatic rings. The minimum Gasteiger partial charge on any atom is -0.355 e. The summed E-state index contributed by atoms with van der Waals surface area (Å²) in [5, 5.41) is 2.91. The quantitative estimate of drug-likeness (QED) is 0.603. The fourth-order valence-electron chi connectivity index (χ4n) is 4.04. The molecule has 2 aliphatic heterocycles. The van der Waals surface area contributed by atoms with Crippen LogP contribution in [0, 0.1) is 17.8 Å². The summed E-state index contributed by atoms with van der Waals surface area (Å²) in [6.07, 6.45) is 7.02. The van der Waals surface area contributed by atoms with Crippen LogP contribution in [0.1, 0.15) is 52.5 Å². The van der Waals surface area contributed by atoms with E-state index in [1.165, 1.54) is 12.8 Å². The Morgan fingerprint density at radius 3 is 2.39 bits per heavy atom. The fraction of sp³-hybridized carbons (Fsp3) is 0.682. The monoisotopic (exact) mass is 383 g/mol. The molecule has 2 bridgehead atoms. The predicted molar refractivity (Wildman–Crippen MR) is 112 cm³/mol. The number of hydrogen-bond acceptors (Lipinski definition) is 5. The van der Waals surface area contributed by atoms with Gasteiger partial charge in [0.15, 0.2) is 0 Å². The zero-order valence-electron chi connectivity index (χ0n) is 17.6. The van der Waals surface area contributed by atoms with E-state index in [9.17, 15) is 4.79 Å². The molecule has 28 heavy (non-hydrogen) atoms. The van der Waals surface area contributed by atoms with E-state index in [4.69, 9.17) is 0 Å². The summed E-state index contributed by atoms with van der Waals surface area (Å²) < 4.78 is 0. The van der Waals surface area contributed by atoms with Crippen LogP contribution in [0.4, 0.5) is 5.95 Å². The zero-order chi connectivity index (χ0) is 20.1. The number of rotatable bonds is 6. The van der Waals surface area contributed by atoms with Crippen LogP contribution in [-0.2, 0) is 11.2 Å². The smallest absolute Gasteiger partial charge is 0.225 e. The van der Waals surface area contributed by atoms with Crippen molar-refractivity contribution in [2.24, 2.45) is 5.92 Å². The fourth-order valence-corrected chi connectivity index (χ4v) is 4.04. The molecule has 0 aliphatic carbocycles. The van der Waals surface area contributed by atoms with E-state index in [-0.39, 0.29) is 5.91 Å². The lowest BCUT2D eigenvalue weighted by Crippen LogP contribution is -2.56. The second-order valence-corrected chi connectivity index (χ2v) is 8.48. The molecule has 2 saturated heterocycles. The maximum atomic E-state index is 12.1. The highest BCUT2D eigenvalue weighted by Gasteiger charge is 2.41. The van der Waals surface area contributed by atoms with Crippen LogP contribution in [0.5, 0.6) is 0 Å². The SMILES string of the molecule is CC(C)C#CCCNC(=O)Cc1cnc(N2C3CCC2CN(C(C)C)C3)nc1. The standard InChI is InChI=1S/C22H33N5O/c1-16(2)7-5-6-10-23-21(28)11-18-12-24-22(25-13-18)27-19-8-9-20(27)15-26(14-19)17(3)4/h12-13,16-17,19-20H,6,8-11,14-15H2,1-4H3,(H,23,28). The molecule has 1 N–H and O–H groups in total. The maximum absolute atomic E-state index is 12.1. The van der Waals surface area contributed by atoms with Crippen molar-refractivity contribution in [3.05, 3.63) is 18.0 Å². The Kier molecular flexibility index (Phi) is 6.90. The van der Waals surface area contributed by atoms with Crippen LogP contribution < -0.4 is 10.2 Å². The first-order valence-electron chi connectivity index (χ1n) is 10.5. The van der Waals surface area contributed by atoms with Gasteiger partial charge in [0, 0.05) is 62.5 Å². The Labute approximate surface area is 169 Å². The van der Waals surface area contributed by atoms with Gasteiger partial charge in [-0.05, 0) is 32.3 Å². The van der Waals surface area contributed by atoms with Gasteiger partial charge in [-0.25, -0.2) is 9.97 Å². The molecule has 0 aromatic carbocycles. The molecule has 6 nitrogen and oxygen atoms in total. The summed E-state index contributed by atoms with van der Waals surface area (Å²) in [6, 6.07) is 1.59. The van der Waals surface area contributed by atoms with Gasteiger partial charge in [0.2, 0.25) is 11.9 Å². The molecule has 2 fully saturated rings. The van der Waals surface area contributed by atoms with E-state index >= 15 is 0 Å². The van der Waals surface area contributed by atoms with Gasteiger partial charge in [-0.2, -0.15) is 0 Å². The summed E-state index contributed by atoms with van der Waals surface area (Å²) >= 11 is 0. The number of likely N-dealkylation sites (tertiary alicyclic amines) is 1. The van der Waals surface area contributed by atoms with Crippen molar-refractivity contribution in [3.8, 4) is 11.8 Å². The number of carbonyl (C=O) groups is 1. The summed E-state index contributed by atoms with van der Waals surface area (Å²) in [5.74, 6) is 7.35. The number of fused-ring (bicyclic) bond motifs is 2. The number of anilines is 1. The van der Waals surface area contributed by atoms with Crippen molar-refractivity contribution in [1.29, 1.82) is 0 Å². The predicted octanol–water partition coefficient (Wildman–Crippen LogP) is 2.25. The van der Waals surface area contributed by atoms with E-state index in [2.05, 4.69) is 64.6 Å².